The van der Waals surface area contributed by atoms with Crippen molar-refractivity contribution in [3.63, 3.8) is 0 Å². The number of anilines is 1. The van der Waals surface area contributed by atoms with Crippen LogP contribution in [0.2, 0.25) is 0 Å². The van der Waals surface area contributed by atoms with E-state index in [2.05, 4.69) is 0 Å². The van der Waals surface area contributed by atoms with Gasteiger partial charge in [0, 0.05) is 5.69 Å². The average Bonchev–Trinajstić information content (AvgIpc) is 2.02. The molecule has 1 fully saturated rings. The van der Waals surface area contributed by atoms with E-state index in [9.17, 15) is 4.39 Å². The first kappa shape index (κ1) is 7.59. The highest BCUT2D eigenvalue weighted by atomic mass is 19.1. The Kier molecular flexibility index (Phi) is 1.56. The fraction of sp³-hybridized carbons (Fsp3) is 0.400. The Morgan fingerprint density at radius 1 is 1.17 bits per heavy atom. The van der Waals surface area contributed by atoms with Gasteiger partial charge in [0.2, 0.25) is 0 Å². The second-order valence-corrected chi connectivity index (χ2v) is 3.44. The lowest BCUT2D eigenvalue weighted by Crippen LogP contribution is -2.28. The van der Waals surface area contributed by atoms with Crippen LogP contribution in [0, 0.1) is 0 Å². The first-order chi connectivity index (χ1) is 5.71. The molecular weight excluding hydrogens is 153 g/mol. The highest BCUT2D eigenvalue weighted by Gasteiger charge is 2.38. The quantitative estimate of drug-likeness (QED) is 0.636. The number of nitrogens with two attached hydrogens (primary N) is 1. The number of rotatable bonds is 1. The summed E-state index contributed by atoms with van der Waals surface area (Å²) in [5.41, 5.74) is 5.94. The predicted octanol–water partition coefficient (Wildman–Crippen LogP) is 2.62. The third-order valence-corrected chi connectivity index (χ3v) is 2.57. The number of nitrogen functional groups attached to an aromatic ring is 1. The zero-order chi connectivity index (χ0) is 8.60. The molecule has 64 valence electrons. The van der Waals surface area contributed by atoms with Gasteiger partial charge < -0.3 is 5.73 Å². The molecule has 0 amide bonds. The maximum absolute atomic E-state index is 13.7. The van der Waals surface area contributed by atoms with Crippen molar-refractivity contribution in [1.82, 2.24) is 0 Å². The zero-order valence-electron chi connectivity index (χ0n) is 6.89. The summed E-state index contributed by atoms with van der Waals surface area (Å²) in [6, 6.07) is 7.09. The van der Waals surface area contributed by atoms with E-state index >= 15 is 0 Å². The van der Waals surface area contributed by atoms with Gasteiger partial charge in [-0.05, 0) is 37.0 Å². The second-order valence-electron chi connectivity index (χ2n) is 3.44. The van der Waals surface area contributed by atoms with Crippen LogP contribution in [-0.2, 0) is 5.67 Å². The van der Waals surface area contributed by atoms with Gasteiger partial charge in [-0.2, -0.15) is 0 Å². The van der Waals surface area contributed by atoms with Gasteiger partial charge in [0.1, 0.15) is 5.67 Å². The molecule has 0 saturated heterocycles. The minimum Gasteiger partial charge on any atom is -0.399 e. The number of halogens is 1. The molecule has 0 aromatic heterocycles. The normalized spacial score (nSPS) is 20.1. The van der Waals surface area contributed by atoms with Crippen LogP contribution in [0.4, 0.5) is 10.1 Å². The second kappa shape index (κ2) is 2.47. The zero-order valence-corrected chi connectivity index (χ0v) is 6.89. The molecule has 1 saturated carbocycles. The molecule has 0 atom stereocenters. The molecule has 1 aromatic carbocycles. The number of hydrogen-bond donors (Lipinski definition) is 1. The molecule has 0 bridgehead atoms. The first-order valence-electron chi connectivity index (χ1n) is 4.26. The summed E-state index contributed by atoms with van der Waals surface area (Å²) >= 11 is 0. The molecule has 0 spiro atoms. The van der Waals surface area contributed by atoms with Crippen molar-refractivity contribution in [1.29, 1.82) is 0 Å². The molecule has 1 nitrogen and oxygen atoms in total. The summed E-state index contributed by atoms with van der Waals surface area (Å²) in [5, 5.41) is 0. The molecule has 2 heteroatoms. The van der Waals surface area contributed by atoms with Crippen LogP contribution in [0.1, 0.15) is 24.8 Å². The monoisotopic (exact) mass is 165 g/mol. The van der Waals surface area contributed by atoms with Gasteiger partial charge in [-0.25, -0.2) is 4.39 Å². The number of hydrogen-bond acceptors (Lipinski definition) is 1. The molecule has 1 aromatic rings. The fourth-order valence-electron chi connectivity index (χ4n) is 1.56. The Labute approximate surface area is 71.4 Å². The minimum absolute atomic E-state index is 0.664. The van der Waals surface area contributed by atoms with E-state index in [0.29, 0.717) is 18.5 Å². The third kappa shape index (κ3) is 1.07. The third-order valence-electron chi connectivity index (χ3n) is 2.57. The van der Waals surface area contributed by atoms with Crippen molar-refractivity contribution in [3.05, 3.63) is 29.8 Å². The molecule has 2 N–H and O–H groups in total. The lowest BCUT2D eigenvalue weighted by molar-refractivity contribution is 0.0609. The van der Waals surface area contributed by atoms with Crippen molar-refractivity contribution in [3.8, 4) is 0 Å². The van der Waals surface area contributed by atoms with E-state index in [-0.39, 0.29) is 0 Å². The first-order valence-corrected chi connectivity index (χ1v) is 4.26. The van der Waals surface area contributed by atoms with E-state index < -0.39 is 5.67 Å². The maximum atomic E-state index is 13.7. The molecule has 2 rings (SSSR count). The SMILES string of the molecule is Nc1ccc(C2(F)CCC2)cc1. The topological polar surface area (TPSA) is 26.0 Å². The Bertz CT molecular complexity index is 274. The van der Waals surface area contributed by atoms with Crippen molar-refractivity contribution < 1.29 is 4.39 Å². The highest BCUT2D eigenvalue weighted by molar-refractivity contribution is 5.41. The lowest BCUT2D eigenvalue weighted by Gasteiger charge is -2.34. The van der Waals surface area contributed by atoms with E-state index in [1.165, 1.54) is 0 Å². The van der Waals surface area contributed by atoms with E-state index in [4.69, 9.17) is 5.73 Å². The summed E-state index contributed by atoms with van der Waals surface area (Å²) in [7, 11) is 0. The predicted molar refractivity (Wildman–Crippen MR) is 47.5 cm³/mol. The van der Waals surface area contributed by atoms with Gasteiger partial charge in [0.05, 0.1) is 0 Å². The summed E-state index contributed by atoms with van der Waals surface area (Å²) in [6.45, 7) is 0. The molecule has 1 aliphatic rings. The lowest BCUT2D eigenvalue weighted by atomic mass is 9.77. The summed E-state index contributed by atoms with van der Waals surface area (Å²) < 4.78 is 13.7. The summed E-state index contributed by atoms with van der Waals surface area (Å²) in [6.07, 6.45) is 2.33. The number of benzene rings is 1. The van der Waals surface area contributed by atoms with Gasteiger partial charge >= 0.3 is 0 Å². The molecule has 12 heavy (non-hydrogen) atoms. The van der Waals surface area contributed by atoms with Crippen molar-refractivity contribution in [2.75, 3.05) is 5.73 Å². The minimum atomic E-state index is -1.05. The van der Waals surface area contributed by atoms with Crippen LogP contribution in [0.5, 0.6) is 0 Å². The molecule has 0 radical (unpaired) electrons. The van der Waals surface area contributed by atoms with Gasteiger partial charge in [0.25, 0.3) is 0 Å². The Morgan fingerprint density at radius 3 is 2.17 bits per heavy atom. The largest absolute Gasteiger partial charge is 0.399 e. The Hall–Kier alpha value is -1.05. The van der Waals surface area contributed by atoms with Gasteiger partial charge in [-0.15, -0.1) is 0 Å². The van der Waals surface area contributed by atoms with Crippen LogP contribution in [0.3, 0.4) is 0 Å². The summed E-state index contributed by atoms with van der Waals surface area (Å²) in [4.78, 5) is 0. The van der Waals surface area contributed by atoms with E-state index in [0.717, 1.165) is 12.0 Å². The Balaban J connectivity index is 2.28. The van der Waals surface area contributed by atoms with E-state index in [1.807, 2.05) is 0 Å². The average molecular weight is 165 g/mol. The fourth-order valence-corrected chi connectivity index (χ4v) is 1.56. The van der Waals surface area contributed by atoms with Gasteiger partial charge in [-0.1, -0.05) is 12.1 Å². The molecule has 0 unspecified atom stereocenters. The Morgan fingerprint density at radius 2 is 1.75 bits per heavy atom. The molecule has 0 aliphatic heterocycles. The molecular formula is C10H12FN. The highest BCUT2D eigenvalue weighted by Crippen LogP contribution is 2.44. The van der Waals surface area contributed by atoms with Crippen molar-refractivity contribution >= 4 is 5.69 Å². The maximum Gasteiger partial charge on any atom is 0.136 e. The summed E-state index contributed by atoms with van der Waals surface area (Å²) in [5.74, 6) is 0. The van der Waals surface area contributed by atoms with E-state index in [1.54, 1.807) is 24.3 Å². The van der Waals surface area contributed by atoms with Crippen LogP contribution < -0.4 is 5.73 Å². The van der Waals surface area contributed by atoms with Crippen molar-refractivity contribution in [2.24, 2.45) is 0 Å². The number of alkyl halides is 1. The standard InChI is InChI=1S/C10H12FN/c11-10(6-1-7-10)8-2-4-9(12)5-3-8/h2-5H,1,6-7,12H2. The van der Waals surface area contributed by atoms with Crippen LogP contribution in [0.15, 0.2) is 24.3 Å². The van der Waals surface area contributed by atoms with Crippen molar-refractivity contribution in [2.45, 2.75) is 24.9 Å². The van der Waals surface area contributed by atoms with Gasteiger partial charge in [-0.3, -0.25) is 0 Å². The molecule has 0 heterocycles. The smallest absolute Gasteiger partial charge is 0.136 e. The van der Waals surface area contributed by atoms with Crippen LogP contribution >= 0.6 is 0 Å². The molecule has 1 aliphatic carbocycles. The van der Waals surface area contributed by atoms with Gasteiger partial charge in [0.15, 0.2) is 0 Å². The van der Waals surface area contributed by atoms with Crippen LogP contribution in [0.25, 0.3) is 0 Å². The van der Waals surface area contributed by atoms with Crippen LogP contribution in [-0.4, -0.2) is 0 Å².